The third-order valence-corrected chi connectivity index (χ3v) is 1.07. The molecule has 0 aromatic heterocycles. The second-order valence-electron chi connectivity index (χ2n) is 1.59. The van der Waals surface area contributed by atoms with E-state index in [1.807, 2.05) is 0 Å². The van der Waals surface area contributed by atoms with Crippen LogP contribution < -0.4 is 0 Å². The zero-order valence-corrected chi connectivity index (χ0v) is 6.47. The minimum atomic E-state index is -0.0829. The molecule has 0 spiro atoms. The largest absolute Gasteiger partial charge is 0.471 e. The van der Waals surface area contributed by atoms with Crippen molar-refractivity contribution < 1.29 is 9.22 Å². The molecule has 0 bridgehead atoms. The van der Waals surface area contributed by atoms with Crippen LogP contribution in [0.4, 0.5) is 0 Å². The van der Waals surface area contributed by atoms with Crippen LogP contribution in [0.2, 0.25) is 0 Å². The highest BCUT2D eigenvalue weighted by Gasteiger charge is 1.87. The van der Waals surface area contributed by atoms with Gasteiger partial charge in [0.25, 0.3) is 0 Å². The fourth-order valence-electron chi connectivity index (χ4n) is 0.409. The van der Waals surface area contributed by atoms with Gasteiger partial charge < -0.3 is 4.43 Å². The topological polar surface area (TPSA) is 26.3 Å². The molecule has 9 heavy (non-hydrogen) atoms. The molecule has 0 aromatic carbocycles. The first-order chi connectivity index (χ1) is 4.16. The van der Waals surface area contributed by atoms with E-state index in [1.165, 1.54) is 13.0 Å². The second-order valence-corrected chi connectivity index (χ2v) is 2.03. The molecule has 0 atom stereocenters. The molecule has 3 heteroatoms. The van der Waals surface area contributed by atoms with Gasteiger partial charge in [-0.25, -0.2) is 0 Å². The Morgan fingerprint density at radius 3 is 2.56 bits per heavy atom. The highest BCUT2D eigenvalue weighted by molar-refractivity contribution is 6.12. The van der Waals surface area contributed by atoms with Gasteiger partial charge in [0, 0.05) is 6.08 Å². The van der Waals surface area contributed by atoms with Gasteiger partial charge in [-0.15, -0.1) is 6.00 Å². The van der Waals surface area contributed by atoms with Crippen molar-refractivity contribution in [3.8, 4) is 6.00 Å². The fraction of sp³-hybridized carbons (Fsp3) is 0.333. The van der Waals surface area contributed by atoms with Crippen LogP contribution in [-0.4, -0.2) is 15.0 Å². The van der Waals surface area contributed by atoms with Gasteiger partial charge in [-0.05, 0) is 13.8 Å². The molecular formula is C6H8O2Si. The molecule has 0 N–H and O–H groups in total. The predicted octanol–water partition coefficient (Wildman–Crippen LogP) is 0.704. The van der Waals surface area contributed by atoms with Crippen LogP contribution in [0.3, 0.4) is 0 Å². The number of rotatable bonds is 2. The first-order valence-electron chi connectivity index (χ1n) is 2.48. The Bertz CT molecular complexity index is 176. The number of ketones is 1. The SMILES string of the molecule is C#[Si]OC(C)=CC(C)=O. The smallest absolute Gasteiger partial charge is 0.245 e. The number of allylic oxidation sites excluding steroid dienone is 2. The van der Waals surface area contributed by atoms with E-state index in [0.29, 0.717) is 5.76 Å². The van der Waals surface area contributed by atoms with Crippen molar-refractivity contribution in [2.24, 2.45) is 0 Å². The van der Waals surface area contributed by atoms with Crippen LogP contribution >= 0.6 is 0 Å². The predicted molar refractivity (Wildman–Crippen MR) is 36.2 cm³/mol. The summed E-state index contributed by atoms with van der Waals surface area (Å²) in [6.07, 6.45) is 1.40. The molecule has 0 fully saturated rings. The van der Waals surface area contributed by atoms with Crippen molar-refractivity contribution in [2.75, 3.05) is 0 Å². The summed E-state index contributed by atoms with van der Waals surface area (Å²) in [5.41, 5.74) is 0. The lowest BCUT2D eigenvalue weighted by atomic mass is 10.4. The molecule has 0 aromatic rings. The number of carbonyl (C=O) groups is 1. The van der Waals surface area contributed by atoms with E-state index in [0.717, 1.165) is 0 Å². The van der Waals surface area contributed by atoms with E-state index < -0.39 is 0 Å². The van der Waals surface area contributed by atoms with Crippen molar-refractivity contribution >= 4 is 15.0 Å². The summed E-state index contributed by atoms with van der Waals surface area (Å²) in [5.74, 6) is 0.550. The molecule has 0 aliphatic carbocycles. The number of carbonyl (C=O) groups excluding carboxylic acids is 1. The maximum atomic E-state index is 10.3. The summed E-state index contributed by atoms with van der Waals surface area (Å²) >= 11 is 0. The summed E-state index contributed by atoms with van der Waals surface area (Å²) < 4.78 is 4.80. The van der Waals surface area contributed by atoms with Crippen molar-refractivity contribution in [3.63, 3.8) is 0 Å². The van der Waals surface area contributed by atoms with E-state index in [-0.39, 0.29) is 15.0 Å². The van der Waals surface area contributed by atoms with Gasteiger partial charge in [-0.2, -0.15) is 0 Å². The lowest BCUT2D eigenvalue weighted by Crippen LogP contribution is -1.88. The molecular weight excluding hydrogens is 132 g/mol. The third-order valence-electron chi connectivity index (χ3n) is 0.626. The van der Waals surface area contributed by atoms with Gasteiger partial charge in [0.2, 0.25) is 9.20 Å². The van der Waals surface area contributed by atoms with Crippen LogP contribution in [0, 0.1) is 6.00 Å². The summed E-state index contributed by atoms with van der Waals surface area (Å²) in [4.78, 5) is 10.3. The monoisotopic (exact) mass is 140 g/mol. The second kappa shape index (κ2) is 4.12. The Labute approximate surface area is 56.7 Å². The molecule has 0 aliphatic heterocycles. The summed E-state index contributed by atoms with van der Waals surface area (Å²) in [6, 6.07) is 5.06. The van der Waals surface area contributed by atoms with E-state index in [4.69, 9.17) is 10.4 Å². The zero-order chi connectivity index (χ0) is 7.28. The zero-order valence-electron chi connectivity index (χ0n) is 5.47. The summed E-state index contributed by atoms with van der Waals surface area (Å²) in [6.45, 7) is 3.16. The lowest BCUT2D eigenvalue weighted by molar-refractivity contribution is -0.112. The first-order valence-corrected chi connectivity index (χ1v) is 3.46. The Hall–Kier alpha value is -0.793. The average molecular weight is 140 g/mol. The quantitative estimate of drug-likeness (QED) is 0.321. The molecule has 48 valence electrons. The van der Waals surface area contributed by atoms with Crippen LogP contribution in [0.1, 0.15) is 13.8 Å². The Kier molecular flexibility index (Phi) is 3.76. The van der Waals surface area contributed by atoms with E-state index in [2.05, 4.69) is 0 Å². The average Bonchev–Trinajstić information content (AvgIpc) is 1.63. The van der Waals surface area contributed by atoms with Gasteiger partial charge in [-0.1, -0.05) is 0 Å². The maximum absolute atomic E-state index is 10.3. The third kappa shape index (κ3) is 5.07. The Balaban J connectivity index is 3.88. The van der Waals surface area contributed by atoms with E-state index in [9.17, 15) is 4.79 Å². The normalized spacial score (nSPS) is 10.1. The van der Waals surface area contributed by atoms with Crippen LogP contribution in [0.5, 0.6) is 0 Å². The molecule has 0 radical (unpaired) electrons. The van der Waals surface area contributed by atoms with Crippen LogP contribution in [-0.2, 0) is 9.22 Å². The van der Waals surface area contributed by atoms with E-state index >= 15 is 0 Å². The minimum Gasteiger partial charge on any atom is -0.471 e. The fourth-order valence-corrected chi connectivity index (χ4v) is 0.653. The summed E-state index contributed by atoms with van der Waals surface area (Å²) in [7, 11) is -0.0829. The van der Waals surface area contributed by atoms with Gasteiger partial charge in [-0.3, -0.25) is 4.79 Å². The van der Waals surface area contributed by atoms with Crippen molar-refractivity contribution in [3.05, 3.63) is 11.8 Å². The molecule has 0 saturated carbocycles. The molecule has 2 nitrogen and oxygen atoms in total. The number of hydrogen-bond donors (Lipinski definition) is 0. The van der Waals surface area contributed by atoms with Crippen LogP contribution in [0.15, 0.2) is 11.8 Å². The maximum Gasteiger partial charge on any atom is 0.245 e. The van der Waals surface area contributed by atoms with E-state index in [1.54, 1.807) is 6.92 Å². The Morgan fingerprint density at radius 1 is 1.67 bits per heavy atom. The standard InChI is InChI=1S/C6H8O2Si/c1-5(7)4-6(2)8-9-3/h3-4H,1-2H3. The van der Waals surface area contributed by atoms with Gasteiger partial charge in [0.05, 0.1) is 5.76 Å². The van der Waals surface area contributed by atoms with Gasteiger partial charge >= 0.3 is 0 Å². The lowest BCUT2D eigenvalue weighted by Gasteiger charge is -1.92. The minimum absolute atomic E-state index is 0.0225. The molecule has 0 heterocycles. The molecule has 0 amide bonds. The van der Waals surface area contributed by atoms with Gasteiger partial charge in [0.15, 0.2) is 5.78 Å². The van der Waals surface area contributed by atoms with Crippen molar-refractivity contribution in [1.82, 2.24) is 0 Å². The highest BCUT2D eigenvalue weighted by atomic mass is 28.2. The number of hydrogen-bond acceptors (Lipinski definition) is 2. The molecule has 0 aliphatic rings. The molecule has 0 rings (SSSR count). The summed E-state index contributed by atoms with van der Waals surface area (Å²) in [5, 5.41) is 0. The van der Waals surface area contributed by atoms with Gasteiger partial charge in [0.1, 0.15) is 0 Å². The van der Waals surface area contributed by atoms with Crippen LogP contribution in [0.25, 0.3) is 0 Å². The highest BCUT2D eigenvalue weighted by Crippen LogP contribution is 1.90. The van der Waals surface area contributed by atoms with Crippen molar-refractivity contribution in [1.29, 1.82) is 0 Å². The first kappa shape index (κ1) is 8.21. The molecule has 0 unspecified atom stereocenters. The van der Waals surface area contributed by atoms with Crippen molar-refractivity contribution in [2.45, 2.75) is 13.8 Å². The Morgan fingerprint density at radius 2 is 2.22 bits per heavy atom. The molecule has 0 saturated heterocycles.